The Balaban J connectivity index is 0.00000180. The molecule has 2 aliphatic heterocycles. The number of ether oxygens (including phenoxy) is 1. The van der Waals surface area contributed by atoms with Crippen LogP contribution in [0.3, 0.4) is 0 Å². The number of rotatable bonds is 4. The molecule has 2 rings (SSSR count). The molecule has 2 fully saturated rings. The van der Waals surface area contributed by atoms with Gasteiger partial charge in [0.05, 0.1) is 5.41 Å². The van der Waals surface area contributed by atoms with Crippen molar-refractivity contribution in [3.05, 3.63) is 0 Å². The Hall–Kier alpha value is 0.380. The average Bonchev–Trinajstić information content (AvgIpc) is 2.46. The Morgan fingerprint density at radius 1 is 1.37 bits per heavy atom. The van der Waals surface area contributed by atoms with Crippen LogP contribution in [-0.4, -0.2) is 54.7 Å². The highest BCUT2D eigenvalue weighted by molar-refractivity contribution is 8.06. The third-order valence-corrected chi connectivity index (χ3v) is 6.54. The van der Waals surface area contributed by atoms with Gasteiger partial charge in [0, 0.05) is 48.8 Å². The summed E-state index contributed by atoms with van der Waals surface area (Å²) in [7, 11) is 0. The third-order valence-electron chi connectivity index (χ3n) is 3.70. The first-order valence-electron chi connectivity index (χ1n) is 6.52. The van der Waals surface area contributed by atoms with Crippen molar-refractivity contribution in [3.8, 4) is 0 Å². The van der Waals surface area contributed by atoms with Crippen molar-refractivity contribution in [1.29, 1.82) is 0 Å². The van der Waals surface area contributed by atoms with E-state index in [4.69, 9.17) is 10.5 Å². The van der Waals surface area contributed by atoms with E-state index in [9.17, 15) is 4.79 Å². The Kier molecular flexibility index (Phi) is 7.91. The summed E-state index contributed by atoms with van der Waals surface area (Å²) in [6.45, 7) is 2.51. The molecule has 7 heteroatoms. The molecular weight excluding hydrogens is 304 g/mol. The van der Waals surface area contributed by atoms with E-state index in [0.29, 0.717) is 25.0 Å². The van der Waals surface area contributed by atoms with E-state index in [-0.39, 0.29) is 23.7 Å². The van der Waals surface area contributed by atoms with Crippen molar-refractivity contribution in [1.82, 2.24) is 5.32 Å². The summed E-state index contributed by atoms with van der Waals surface area (Å²) in [6, 6.07) is 0. The maximum absolute atomic E-state index is 12.3. The van der Waals surface area contributed by atoms with Crippen LogP contribution in [-0.2, 0) is 9.53 Å². The van der Waals surface area contributed by atoms with Crippen molar-refractivity contribution in [2.24, 2.45) is 11.1 Å². The second-order valence-electron chi connectivity index (χ2n) is 4.87. The maximum atomic E-state index is 12.3. The summed E-state index contributed by atoms with van der Waals surface area (Å²) < 4.78 is 5.33. The van der Waals surface area contributed by atoms with Crippen LogP contribution in [0.5, 0.6) is 0 Å². The molecule has 2 aliphatic rings. The summed E-state index contributed by atoms with van der Waals surface area (Å²) in [5, 5.41) is 3.66. The Labute approximate surface area is 129 Å². The standard InChI is InChI=1S/C12H22N2O2S2.ClH/c13-9-12(1-3-16-4-2-12)11(15)14-7-10-8-17-5-6-18-10;/h10H,1-9,13H2,(H,14,15);1H. The molecule has 2 saturated heterocycles. The van der Waals surface area contributed by atoms with Crippen LogP contribution >= 0.6 is 35.9 Å². The van der Waals surface area contributed by atoms with E-state index in [1.807, 2.05) is 23.5 Å². The predicted octanol–water partition coefficient (Wildman–Crippen LogP) is 1.13. The van der Waals surface area contributed by atoms with Gasteiger partial charge in [-0.15, -0.1) is 12.4 Å². The van der Waals surface area contributed by atoms with Gasteiger partial charge in [0.25, 0.3) is 0 Å². The molecule has 2 heterocycles. The Morgan fingerprint density at radius 3 is 2.68 bits per heavy atom. The number of hydrogen-bond donors (Lipinski definition) is 2. The number of thioether (sulfide) groups is 2. The number of hydrogen-bond acceptors (Lipinski definition) is 5. The van der Waals surface area contributed by atoms with Gasteiger partial charge in [0.1, 0.15) is 0 Å². The summed E-state index contributed by atoms with van der Waals surface area (Å²) in [4.78, 5) is 12.3. The van der Waals surface area contributed by atoms with Gasteiger partial charge in [-0.25, -0.2) is 0 Å². The van der Waals surface area contributed by atoms with Gasteiger partial charge in [0.15, 0.2) is 0 Å². The highest BCUT2D eigenvalue weighted by Gasteiger charge is 2.38. The van der Waals surface area contributed by atoms with Crippen molar-refractivity contribution < 1.29 is 9.53 Å². The van der Waals surface area contributed by atoms with Gasteiger partial charge >= 0.3 is 0 Å². The summed E-state index contributed by atoms with van der Waals surface area (Å²) in [5.41, 5.74) is 5.44. The fraction of sp³-hybridized carbons (Fsp3) is 0.917. The molecule has 112 valence electrons. The minimum absolute atomic E-state index is 0. The fourth-order valence-corrected chi connectivity index (χ4v) is 4.95. The third kappa shape index (κ3) is 4.70. The maximum Gasteiger partial charge on any atom is 0.227 e. The molecule has 0 aromatic carbocycles. The van der Waals surface area contributed by atoms with Crippen molar-refractivity contribution in [3.63, 3.8) is 0 Å². The molecule has 0 aromatic rings. The van der Waals surface area contributed by atoms with Gasteiger partial charge in [-0.3, -0.25) is 4.79 Å². The zero-order chi connectivity index (χ0) is 12.8. The minimum Gasteiger partial charge on any atom is -0.381 e. The summed E-state index contributed by atoms with van der Waals surface area (Å²) in [5.74, 6) is 3.70. The molecular formula is C12H23ClN2O2S2. The largest absolute Gasteiger partial charge is 0.381 e. The second-order valence-corrected chi connectivity index (χ2v) is 7.43. The van der Waals surface area contributed by atoms with Crippen molar-refractivity contribution >= 4 is 41.8 Å². The monoisotopic (exact) mass is 326 g/mol. The highest BCUT2D eigenvalue weighted by Crippen LogP contribution is 2.30. The molecule has 19 heavy (non-hydrogen) atoms. The topological polar surface area (TPSA) is 64.4 Å². The number of amides is 1. The van der Waals surface area contributed by atoms with Crippen LogP contribution in [0.1, 0.15) is 12.8 Å². The zero-order valence-electron chi connectivity index (χ0n) is 11.1. The molecule has 4 nitrogen and oxygen atoms in total. The number of nitrogens with two attached hydrogens (primary N) is 1. The van der Waals surface area contributed by atoms with Gasteiger partial charge in [-0.05, 0) is 12.8 Å². The first-order chi connectivity index (χ1) is 8.77. The SMILES string of the molecule is Cl.NCC1(C(=O)NCC2CSCCS2)CCOCC1. The first kappa shape index (κ1) is 17.4. The number of carbonyl (C=O) groups excluding carboxylic acids is 1. The Morgan fingerprint density at radius 2 is 2.11 bits per heavy atom. The van der Waals surface area contributed by atoms with Crippen LogP contribution < -0.4 is 11.1 Å². The molecule has 0 radical (unpaired) electrons. The lowest BCUT2D eigenvalue weighted by molar-refractivity contribution is -0.135. The number of halogens is 1. The predicted molar refractivity (Wildman–Crippen MR) is 85.4 cm³/mol. The lowest BCUT2D eigenvalue weighted by atomic mass is 9.79. The van der Waals surface area contributed by atoms with E-state index in [1.54, 1.807) is 0 Å². The molecule has 1 atom stereocenters. The minimum atomic E-state index is -0.384. The molecule has 1 amide bonds. The zero-order valence-corrected chi connectivity index (χ0v) is 13.5. The second kappa shape index (κ2) is 8.62. The lowest BCUT2D eigenvalue weighted by Gasteiger charge is -2.35. The van der Waals surface area contributed by atoms with Gasteiger partial charge < -0.3 is 15.8 Å². The van der Waals surface area contributed by atoms with E-state index in [1.165, 1.54) is 11.5 Å². The smallest absolute Gasteiger partial charge is 0.227 e. The quantitative estimate of drug-likeness (QED) is 0.811. The highest BCUT2D eigenvalue weighted by atomic mass is 35.5. The Bertz CT molecular complexity index is 283. The van der Waals surface area contributed by atoms with E-state index in [0.717, 1.165) is 25.1 Å². The van der Waals surface area contributed by atoms with E-state index >= 15 is 0 Å². The van der Waals surface area contributed by atoms with Crippen LogP contribution in [0.15, 0.2) is 0 Å². The molecule has 3 N–H and O–H groups in total. The molecule has 0 bridgehead atoms. The normalized spacial score (nSPS) is 26.3. The summed E-state index contributed by atoms with van der Waals surface area (Å²) in [6.07, 6.45) is 1.50. The molecule has 0 aromatic heterocycles. The van der Waals surface area contributed by atoms with E-state index < -0.39 is 0 Å². The molecule has 0 aliphatic carbocycles. The van der Waals surface area contributed by atoms with Crippen LogP contribution in [0.4, 0.5) is 0 Å². The van der Waals surface area contributed by atoms with Crippen molar-refractivity contribution in [2.75, 3.05) is 43.6 Å². The van der Waals surface area contributed by atoms with Crippen LogP contribution in [0, 0.1) is 5.41 Å². The summed E-state index contributed by atoms with van der Waals surface area (Å²) >= 11 is 3.95. The van der Waals surface area contributed by atoms with Crippen molar-refractivity contribution in [2.45, 2.75) is 18.1 Å². The van der Waals surface area contributed by atoms with Gasteiger partial charge in [-0.2, -0.15) is 23.5 Å². The van der Waals surface area contributed by atoms with Gasteiger partial charge in [-0.1, -0.05) is 0 Å². The molecule has 0 spiro atoms. The number of nitrogens with one attached hydrogen (secondary N) is 1. The van der Waals surface area contributed by atoms with E-state index in [2.05, 4.69) is 5.32 Å². The molecule has 1 unspecified atom stereocenters. The fourth-order valence-electron chi connectivity index (χ4n) is 2.33. The number of carbonyl (C=O) groups is 1. The molecule has 0 saturated carbocycles. The van der Waals surface area contributed by atoms with Crippen LogP contribution in [0.25, 0.3) is 0 Å². The average molecular weight is 327 g/mol. The first-order valence-corrected chi connectivity index (χ1v) is 8.73. The van der Waals surface area contributed by atoms with Gasteiger partial charge in [0.2, 0.25) is 5.91 Å². The lowest BCUT2D eigenvalue weighted by Crippen LogP contribution is -2.50. The van der Waals surface area contributed by atoms with Crippen LogP contribution in [0.2, 0.25) is 0 Å².